The number of sulfone groups is 1. The molecule has 1 heterocycles. The Labute approximate surface area is 108 Å². The van der Waals surface area contributed by atoms with Gasteiger partial charge in [-0.3, -0.25) is 19.8 Å². The van der Waals surface area contributed by atoms with E-state index < -0.39 is 20.6 Å². The molecule has 1 unspecified atom stereocenters. The molecule has 1 saturated heterocycles. The number of rotatable bonds is 3. The molecular weight excluding hydrogens is 256 g/mol. The number of hydrogen-bond donors (Lipinski definition) is 1. The average Bonchev–Trinajstić information content (AvgIpc) is 2.22. The van der Waals surface area contributed by atoms with Crippen molar-refractivity contribution < 1.29 is 18.0 Å². The second-order valence-electron chi connectivity index (χ2n) is 5.42. The maximum atomic E-state index is 11.9. The first kappa shape index (κ1) is 15.1. The van der Waals surface area contributed by atoms with Crippen LogP contribution in [0.1, 0.15) is 27.7 Å². The highest BCUT2D eigenvalue weighted by Crippen LogP contribution is 2.16. The first-order chi connectivity index (χ1) is 8.06. The number of amides is 2. The van der Waals surface area contributed by atoms with Crippen molar-refractivity contribution in [1.82, 2.24) is 10.2 Å². The fourth-order valence-electron chi connectivity index (χ4n) is 1.53. The minimum atomic E-state index is -3.33. The summed E-state index contributed by atoms with van der Waals surface area (Å²) in [6, 6.07) is -0.444. The van der Waals surface area contributed by atoms with Crippen molar-refractivity contribution in [2.75, 3.05) is 18.8 Å². The van der Waals surface area contributed by atoms with E-state index in [1.54, 1.807) is 27.7 Å². The highest BCUT2D eigenvalue weighted by atomic mass is 32.2. The summed E-state index contributed by atoms with van der Waals surface area (Å²) >= 11 is 0. The number of imide groups is 1. The fourth-order valence-corrected chi connectivity index (χ4v) is 2.57. The summed E-state index contributed by atoms with van der Waals surface area (Å²) in [6.45, 7) is 6.47. The van der Waals surface area contributed by atoms with Crippen LogP contribution in [0.3, 0.4) is 0 Å². The number of nitrogens with zero attached hydrogens (tertiary/aromatic N) is 1. The van der Waals surface area contributed by atoms with Gasteiger partial charge in [-0.2, -0.15) is 0 Å². The topological polar surface area (TPSA) is 83.6 Å². The van der Waals surface area contributed by atoms with Crippen molar-refractivity contribution in [3.63, 3.8) is 0 Å². The standard InChI is InChI=1S/C11H20N2O4S/c1-8-10(15)13(9(14)7-12-8)5-6-18(16,17)11(2,3)4/h8,12H,5-7H2,1-4H3. The van der Waals surface area contributed by atoms with Crippen molar-refractivity contribution >= 4 is 21.7 Å². The molecule has 1 fully saturated rings. The van der Waals surface area contributed by atoms with E-state index >= 15 is 0 Å². The normalized spacial score (nSPS) is 22.4. The third kappa shape index (κ3) is 3.08. The molecular formula is C11H20N2O4S. The molecule has 0 aromatic carbocycles. The van der Waals surface area contributed by atoms with E-state index in [9.17, 15) is 18.0 Å². The number of hydrogen-bond acceptors (Lipinski definition) is 5. The van der Waals surface area contributed by atoms with Crippen molar-refractivity contribution in [2.24, 2.45) is 0 Å². The van der Waals surface area contributed by atoms with E-state index in [4.69, 9.17) is 0 Å². The Kier molecular flexibility index (Phi) is 4.17. The predicted octanol–water partition coefficient (Wildman–Crippen LogP) is -0.453. The van der Waals surface area contributed by atoms with Crippen LogP contribution >= 0.6 is 0 Å². The largest absolute Gasteiger partial charge is 0.298 e. The number of nitrogens with one attached hydrogen (secondary N) is 1. The van der Waals surface area contributed by atoms with Gasteiger partial charge in [0, 0.05) is 6.54 Å². The monoisotopic (exact) mass is 276 g/mol. The Morgan fingerprint density at radius 2 is 1.89 bits per heavy atom. The maximum absolute atomic E-state index is 11.9. The van der Waals surface area contributed by atoms with Crippen LogP contribution in [0, 0.1) is 0 Å². The predicted molar refractivity (Wildman–Crippen MR) is 67.7 cm³/mol. The maximum Gasteiger partial charge on any atom is 0.246 e. The third-order valence-electron chi connectivity index (χ3n) is 3.01. The second kappa shape index (κ2) is 4.97. The Morgan fingerprint density at radius 1 is 1.33 bits per heavy atom. The highest BCUT2D eigenvalue weighted by Gasteiger charge is 2.34. The molecule has 1 N–H and O–H groups in total. The Hall–Kier alpha value is -0.950. The van der Waals surface area contributed by atoms with Crippen LogP contribution < -0.4 is 5.32 Å². The molecule has 0 saturated carbocycles. The molecule has 1 atom stereocenters. The van der Waals surface area contributed by atoms with Crippen molar-refractivity contribution in [3.8, 4) is 0 Å². The molecule has 2 amide bonds. The van der Waals surface area contributed by atoms with Gasteiger partial charge in [-0.05, 0) is 27.7 Å². The van der Waals surface area contributed by atoms with Gasteiger partial charge >= 0.3 is 0 Å². The zero-order chi connectivity index (χ0) is 14.1. The van der Waals surface area contributed by atoms with E-state index in [1.807, 2.05) is 0 Å². The lowest BCUT2D eigenvalue weighted by atomic mass is 10.2. The molecule has 0 aromatic heterocycles. The van der Waals surface area contributed by atoms with Gasteiger partial charge in [0.2, 0.25) is 11.8 Å². The number of carbonyl (C=O) groups is 2. The number of piperazine rings is 1. The molecule has 0 aromatic rings. The van der Waals surface area contributed by atoms with Crippen LogP contribution in [-0.2, 0) is 19.4 Å². The lowest BCUT2D eigenvalue weighted by molar-refractivity contribution is -0.148. The molecule has 0 radical (unpaired) electrons. The molecule has 0 aliphatic carbocycles. The second-order valence-corrected chi connectivity index (χ2v) is 8.28. The lowest BCUT2D eigenvalue weighted by Crippen LogP contribution is -2.58. The van der Waals surface area contributed by atoms with Gasteiger partial charge in [0.1, 0.15) is 0 Å². The van der Waals surface area contributed by atoms with Gasteiger partial charge in [-0.15, -0.1) is 0 Å². The van der Waals surface area contributed by atoms with Crippen LogP contribution in [0.15, 0.2) is 0 Å². The zero-order valence-corrected chi connectivity index (χ0v) is 12.0. The summed E-state index contributed by atoms with van der Waals surface area (Å²) in [6.07, 6.45) is 0. The van der Waals surface area contributed by atoms with Crippen LogP contribution in [0.2, 0.25) is 0 Å². The van der Waals surface area contributed by atoms with Crippen LogP contribution in [0.25, 0.3) is 0 Å². The van der Waals surface area contributed by atoms with Gasteiger partial charge in [-0.1, -0.05) is 0 Å². The van der Waals surface area contributed by atoms with E-state index in [2.05, 4.69) is 5.32 Å². The SMILES string of the molecule is CC1NCC(=O)N(CCS(=O)(=O)C(C)(C)C)C1=O. The molecule has 6 nitrogen and oxygen atoms in total. The quantitative estimate of drug-likeness (QED) is 0.706. The van der Waals surface area contributed by atoms with Crippen molar-refractivity contribution in [3.05, 3.63) is 0 Å². The third-order valence-corrected chi connectivity index (χ3v) is 5.60. The Morgan fingerprint density at radius 3 is 2.39 bits per heavy atom. The minimum Gasteiger partial charge on any atom is -0.298 e. The average molecular weight is 276 g/mol. The molecule has 104 valence electrons. The molecule has 0 bridgehead atoms. The number of carbonyl (C=O) groups excluding carboxylic acids is 2. The van der Waals surface area contributed by atoms with Gasteiger partial charge < -0.3 is 0 Å². The van der Waals surface area contributed by atoms with Crippen molar-refractivity contribution in [2.45, 2.75) is 38.5 Å². The molecule has 1 rings (SSSR count). The van der Waals surface area contributed by atoms with E-state index in [0.717, 1.165) is 4.90 Å². The highest BCUT2D eigenvalue weighted by molar-refractivity contribution is 7.92. The van der Waals surface area contributed by atoms with E-state index in [-0.39, 0.29) is 30.7 Å². The summed E-state index contributed by atoms with van der Waals surface area (Å²) in [5.41, 5.74) is 0. The first-order valence-electron chi connectivity index (χ1n) is 5.86. The molecule has 7 heteroatoms. The van der Waals surface area contributed by atoms with Gasteiger partial charge in [0.15, 0.2) is 9.84 Å². The Balaban J connectivity index is 2.74. The van der Waals surface area contributed by atoms with E-state index in [1.165, 1.54) is 0 Å². The Bertz CT molecular complexity index is 450. The summed E-state index contributed by atoms with van der Waals surface area (Å²) in [5.74, 6) is -0.932. The first-order valence-corrected chi connectivity index (χ1v) is 7.51. The zero-order valence-electron chi connectivity index (χ0n) is 11.2. The van der Waals surface area contributed by atoms with Crippen LogP contribution in [0.5, 0.6) is 0 Å². The van der Waals surface area contributed by atoms with Gasteiger partial charge in [0.05, 0.1) is 23.1 Å². The summed E-state index contributed by atoms with van der Waals surface area (Å²) in [7, 11) is -3.33. The lowest BCUT2D eigenvalue weighted by Gasteiger charge is -2.30. The summed E-state index contributed by atoms with van der Waals surface area (Å²) < 4.78 is 23.0. The van der Waals surface area contributed by atoms with Crippen LogP contribution in [-0.4, -0.2) is 54.8 Å². The van der Waals surface area contributed by atoms with Gasteiger partial charge in [0.25, 0.3) is 0 Å². The molecule has 1 aliphatic heterocycles. The molecule has 18 heavy (non-hydrogen) atoms. The van der Waals surface area contributed by atoms with Crippen molar-refractivity contribution in [1.29, 1.82) is 0 Å². The fraction of sp³-hybridized carbons (Fsp3) is 0.818. The summed E-state index contributed by atoms with van der Waals surface area (Å²) in [4.78, 5) is 24.3. The van der Waals surface area contributed by atoms with E-state index in [0.29, 0.717) is 0 Å². The van der Waals surface area contributed by atoms with Crippen LogP contribution in [0.4, 0.5) is 0 Å². The van der Waals surface area contributed by atoms with Gasteiger partial charge in [-0.25, -0.2) is 8.42 Å². The molecule has 1 aliphatic rings. The minimum absolute atomic E-state index is 0.0662. The summed E-state index contributed by atoms with van der Waals surface area (Å²) in [5, 5.41) is 2.75. The molecule has 0 spiro atoms. The smallest absolute Gasteiger partial charge is 0.246 e.